The summed E-state index contributed by atoms with van der Waals surface area (Å²) < 4.78 is 20.4. The third-order valence-electron chi connectivity index (χ3n) is 6.34. The van der Waals surface area contributed by atoms with E-state index in [4.69, 9.17) is 35.1 Å². The summed E-state index contributed by atoms with van der Waals surface area (Å²) in [6.07, 6.45) is 0.573. The number of hydrogen-bond acceptors (Lipinski definition) is 3. The van der Waals surface area contributed by atoms with Crippen molar-refractivity contribution in [3.63, 3.8) is 0 Å². The van der Waals surface area contributed by atoms with Crippen LogP contribution in [-0.4, -0.2) is 34.6 Å². The van der Waals surface area contributed by atoms with Crippen LogP contribution in [-0.2, 0) is 4.79 Å². The fourth-order valence-corrected chi connectivity index (χ4v) is 4.97. The number of amides is 1. The molecule has 0 aromatic heterocycles. The zero-order chi connectivity index (χ0) is 26.0. The molecule has 184 valence electrons. The Kier molecular flexibility index (Phi) is 7.30. The largest absolute Gasteiger partial charge is 0.493 e. The van der Waals surface area contributed by atoms with Crippen molar-refractivity contribution in [2.75, 3.05) is 18.1 Å². The number of carbonyl (C=O) groups excluding carboxylic acids is 1. The predicted molar refractivity (Wildman–Crippen MR) is 145 cm³/mol. The molecule has 0 bridgehead atoms. The molecule has 0 saturated carbocycles. The number of anilines is 1. The lowest BCUT2D eigenvalue weighted by atomic mass is 10.0. The van der Waals surface area contributed by atoms with Gasteiger partial charge in [-0.05, 0) is 68.7 Å². The van der Waals surface area contributed by atoms with Gasteiger partial charge in [0.1, 0.15) is 17.1 Å². The minimum Gasteiger partial charge on any atom is -0.493 e. The first-order valence-electron chi connectivity index (χ1n) is 11.5. The van der Waals surface area contributed by atoms with Crippen LogP contribution in [0.1, 0.15) is 25.8 Å². The second-order valence-electron chi connectivity index (χ2n) is 9.00. The average Bonchev–Trinajstić information content (AvgIpc) is 3.03. The molecule has 0 spiro atoms. The number of rotatable bonds is 7. The highest BCUT2D eigenvalue weighted by molar-refractivity contribution is 7.80. The van der Waals surface area contributed by atoms with E-state index in [1.54, 1.807) is 31.2 Å². The lowest BCUT2D eigenvalue weighted by Crippen LogP contribution is -2.44. The van der Waals surface area contributed by atoms with Crippen LogP contribution in [0.2, 0.25) is 5.02 Å². The van der Waals surface area contributed by atoms with Gasteiger partial charge in [-0.25, -0.2) is 9.24 Å². The lowest BCUT2D eigenvalue weighted by Gasteiger charge is -2.29. The number of ether oxygens (including phenoxy) is 1. The zero-order valence-electron chi connectivity index (χ0n) is 20.2. The predicted octanol–water partition coefficient (Wildman–Crippen LogP) is 7.19. The van der Waals surface area contributed by atoms with E-state index in [2.05, 4.69) is 4.85 Å². The van der Waals surface area contributed by atoms with E-state index in [0.717, 1.165) is 5.56 Å². The molecule has 0 aliphatic carbocycles. The SMILES string of the molecule is [C-]#[N+]c1ccc(N2C(=O)C(C)(C)N(CCCOc3ccc(-c4ccccc4)c(F)c3)C2=S)c(C)c1Cl. The molecule has 8 heteroatoms. The van der Waals surface area contributed by atoms with Gasteiger partial charge >= 0.3 is 0 Å². The van der Waals surface area contributed by atoms with Gasteiger partial charge in [-0.15, -0.1) is 0 Å². The van der Waals surface area contributed by atoms with Crippen molar-refractivity contribution >= 4 is 46.2 Å². The van der Waals surface area contributed by atoms with Crippen molar-refractivity contribution in [3.05, 3.63) is 88.5 Å². The fraction of sp³-hybridized carbons (Fsp3) is 0.250. The van der Waals surface area contributed by atoms with Gasteiger partial charge < -0.3 is 9.64 Å². The number of thiocarbonyl (C=S) groups is 1. The van der Waals surface area contributed by atoms with Crippen LogP contribution < -0.4 is 9.64 Å². The molecule has 1 fully saturated rings. The first-order chi connectivity index (χ1) is 17.2. The molecule has 1 saturated heterocycles. The molecule has 3 aromatic carbocycles. The molecule has 36 heavy (non-hydrogen) atoms. The van der Waals surface area contributed by atoms with E-state index < -0.39 is 5.54 Å². The van der Waals surface area contributed by atoms with Crippen LogP contribution in [0, 0.1) is 19.3 Å². The lowest BCUT2D eigenvalue weighted by molar-refractivity contribution is -0.123. The van der Waals surface area contributed by atoms with E-state index in [9.17, 15) is 9.18 Å². The van der Waals surface area contributed by atoms with E-state index in [1.165, 1.54) is 11.0 Å². The highest BCUT2D eigenvalue weighted by atomic mass is 35.5. The molecular formula is C28H25ClFN3O2S. The number of benzene rings is 3. The number of carbonyl (C=O) groups is 1. The Bertz CT molecular complexity index is 1370. The summed E-state index contributed by atoms with van der Waals surface area (Å²) in [7, 11) is 0. The molecule has 0 radical (unpaired) electrons. The van der Waals surface area contributed by atoms with Gasteiger partial charge in [0.2, 0.25) is 5.69 Å². The van der Waals surface area contributed by atoms with Crippen molar-refractivity contribution in [1.82, 2.24) is 4.90 Å². The monoisotopic (exact) mass is 521 g/mol. The molecule has 1 aliphatic heterocycles. The van der Waals surface area contributed by atoms with E-state index >= 15 is 0 Å². The molecule has 1 amide bonds. The van der Waals surface area contributed by atoms with Gasteiger partial charge in [0.15, 0.2) is 5.11 Å². The summed E-state index contributed by atoms with van der Waals surface area (Å²) >= 11 is 12.0. The molecule has 0 N–H and O–H groups in total. The quantitative estimate of drug-likeness (QED) is 0.187. The summed E-state index contributed by atoms with van der Waals surface area (Å²) in [5.74, 6) is -0.0694. The van der Waals surface area contributed by atoms with Gasteiger partial charge in [-0.3, -0.25) is 9.69 Å². The first kappa shape index (κ1) is 25.6. The van der Waals surface area contributed by atoms with Gasteiger partial charge in [0, 0.05) is 18.2 Å². The normalized spacial score (nSPS) is 14.8. The maximum atomic E-state index is 14.6. The van der Waals surface area contributed by atoms with Crippen LogP contribution in [0.3, 0.4) is 0 Å². The summed E-state index contributed by atoms with van der Waals surface area (Å²) in [4.78, 5) is 20.1. The average molecular weight is 522 g/mol. The molecule has 4 rings (SSSR count). The molecule has 5 nitrogen and oxygen atoms in total. The number of halogens is 2. The Labute approximate surface area is 220 Å². The van der Waals surface area contributed by atoms with Crippen molar-refractivity contribution in [1.29, 1.82) is 0 Å². The van der Waals surface area contributed by atoms with E-state index in [-0.39, 0.29) is 11.7 Å². The summed E-state index contributed by atoms with van der Waals surface area (Å²) in [6, 6.07) is 17.5. The maximum Gasteiger partial charge on any atom is 0.258 e. The topological polar surface area (TPSA) is 37.1 Å². The Morgan fingerprint density at radius 2 is 1.86 bits per heavy atom. The Balaban J connectivity index is 1.42. The Morgan fingerprint density at radius 1 is 1.14 bits per heavy atom. The molecule has 1 aliphatic rings. The molecular weight excluding hydrogens is 497 g/mol. The fourth-order valence-electron chi connectivity index (χ4n) is 4.26. The summed E-state index contributed by atoms with van der Waals surface area (Å²) in [5.41, 5.74) is 1.99. The molecule has 1 heterocycles. The van der Waals surface area contributed by atoms with Crippen LogP contribution in [0.25, 0.3) is 16.0 Å². The van der Waals surface area contributed by atoms with Gasteiger partial charge in [-0.1, -0.05) is 48.0 Å². The van der Waals surface area contributed by atoms with Gasteiger partial charge in [-0.2, -0.15) is 0 Å². The Hall–Kier alpha value is -3.47. The molecule has 3 aromatic rings. The second kappa shape index (κ2) is 10.3. The highest BCUT2D eigenvalue weighted by Gasteiger charge is 2.49. The minimum absolute atomic E-state index is 0.165. The molecule has 0 atom stereocenters. The Morgan fingerprint density at radius 3 is 2.53 bits per heavy atom. The standard InChI is InChI=1S/C28H25ClFN3O2S/c1-18-24(14-13-23(31-4)25(18)29)33-26(34)28(2,3)32(27(33)36)15-8-16-35-20-11-12-21(22(30)17-20)19-9-6-5-7-10-19/h5-7,9-14,17H,8,15-16H2,1-3H3. The van der Waals surface area contributed by atoms with Crippen LogP contribution in [0.5, 0.6) is 5.75 Å². The van der Waals surface area contributed by atoms with E-state index in [1.807, 2.05) is 49.1 Å². The second-order valence-corrected chi connectivity index (χ2v) is 9.74. The van der Waals surface area contributed by atoms with Crippen molar-refractivity contribution in [2.24, 2.45) is 0 Å². The maximum absolute atomic E-state index is 14.6. The van der Waals surface area contributed by atoms with Gasteiger partial charge in [0.25, 0.3) is 5.91 Å². The highest BCUT2D eigenvalue weighted by Crippen LogP contribution is 2.39. The van der Waals surface area contributed by atoms with Crippen LogP contribution in [0.4, 0.5) is 15.8 Å². The third kappa shape index (κ3) is 4.67. The van der Waals surface area contributed by atoms with Gasteiger partial charge in [0.05, 0.1) is 23.9 Å². The smallest absolute Gasteiger partial charge is 0.258 e. The van der Waals surface area contributed by atoms with Crippen LogP contribution >= 0.6 is 23.8 Å². The van der Waals surface area contributed by atoms with Crippen molar-refractivity contribution in [3.8, 4) is 16.9 Å². The minimum atomic E-state index is -0.863. The zero-order valence-corrected chi connectivity index (χ0v) is 21.8. The molecule has 0 unspecified atom stereocenters. The van der Waals surface area contributed by atoms with E-state index in [0.29, 0.717) is 58.0 Å². The summed E-state index contributed by atoms with van der Waals surface area (Å²) in [5, 5.41) is 0.686. The van der Waals surface area contributed by atoms with Crippen molar-refractivity contribution < 1.29 is 13.9 Å². The number of hydrogen-bond donors (Lipinski definition) is 0. The van der Waals surface area contributed by atoms with Crippen LogP contribution in [0.15, 0.2) is 60.7 Å². The van der Waals surface area contributed by atoms with Crippen molar-refractivity contribution in [2.45, 2.75) is 32.7 Å². The third-order valence-corrected chi connectivity index (χ3v) is 7.22. The number of nitrogens with zero attached hydrogens (tertiary/aromatic N) is 3. The first-order valence-corrected chi connectivity index (χ1v) is 12.3. The summed E-state index contributed by atoms with van der Waals surface area (Å²) in [6.45, 7) is 13.5.